The van der Waals surface area contributed by atoms with Crippen LogP contribution in [0.3, 0.4) is 0 Å². The van der Waals surface area contributed by atoms with E-state index in [2.05, 4.69) is 5.32 Å². The van der Waals surface area contributed by atoms with Crippen LogP contribution < -0.4 is 14.4 Å². The average molecular weight is 544 g/mol. The van der Waals surface area contributed by atoms with Crippen molar-refractivity contribution < 1.29 is 35.9 Å². The van der Waals surface area contributed by atoms with Gasteiger partial charge in [0.1, 0.15) is 11.8 Å². The van der Waals surface area contributed by atoms with Crippen LogP contribution >= 0.6 is 0 Å². The van der Waals surface area contributed by atoms with E-state index in [1.807, 2.05) is 0 Å². The Labute approximate surface area is 215 Å². The minimum atomic E-state index is -4.63. The number of likely N-dealkylation sites (N-methyl/N-ethyl adjacent to an activating group) is 1. The highest BCUT2D eigenvalue weighted by Crippen LogP contribution is 2.32. The van der Waals surface area contributed by atoms with Crippen LogP contribution in [-0.4, -0.2) is 58.1 Å². The van der Waals surface area contributed by atoms with E-state index in [0.717, 1.165) is 34.3 Å². The van der Waals surface area contributed by atoms with Gasteiger partial charge in [0, 0.05) is 26.6 Å². The number of rotatable bonds is 12. The lowest BCUT2D eigenvalue weighted by molar-refractivity contribution is -0.141. The predicted octanol–water partition coefficient (Wildman–Crippen LogP) is 3.81. The number of anilines is 1. The second-order valence-corrected chi connectivity index (χ2v) is 10.3. The van der Waals surface area contributed by atoms with Crippen LogP contribution in [0.1, 0.15) is 37.3 Å². The molecule has 0 spiro atoms. The Morgan fingerprint density at radius 2 is 1.78 bits per heavy atom. The number of methoxy groups -OCH3 is 1. The van der Waals surface area contributed by atoms with Gasteiger partial charge in [-0.2, -0.15) is 13.2 Å². The number of carbonyl (C=O) groups is 2. The number of halogens is 3. The first-order valence-corrected chi connectivity index (χ1v) is 13.5. The number of amides is 2. The molecule has 0 saturated carbocycles. The van der Waals surface area contributed by atoms with E-state index in [1.54, 1.807) is 31.2 Å². The fourth-order valence-electron chi connectivity index (χ4n) is 3.89. The molecule has 0 aromatic heterocycles. The minimum absolute atomic E-state index is 0.0287. The van der Waals surface area contributed by atoms with Crippen LogP contribution in [0.2, 0.25) is 0 Å². The summed E-state index contributed by atoms with van der Waals surface area (Å²) in [7, 11) is -0.946. The number of hydrogen-bond acceptors (Lipinski definition) is 5. The first-order chi connectivity index (χ1) is 17.3. The molecule has 0 aliphatic rings. The van der Waals surface area contributed by atoms with E-state index in [0.29, 0.717) is 12.2 Å². The number of carbonyl (C=O) groups excluding carboxylic acids is 2. The number of nitrogens with one attached hydrogen (secondary N) is 1. The molecule has 0 bridgehead atoms. The molecule has 0 aliphatic carbocycles. The number of alkyl halides is 3. The molecule has 12 heteroatoms. The highest BCUT2D eigenvalue weighted by molar-refractivity contribution is 7.92. The van der Waals surface area contributed by atoms with Gasteiger partial charge in [-0.15, -0.1) is 0 Å². The Balaban J connectivity index is 2.25. The van der Waals surface area contributed by atoms with E-state index in [-0.39, 0.29) is 37.5 Å². The smallest absolute Gasteiger partial charge is 0.416 e. The van der Waals surface area contributed by atoms with Crippen LogP contribution in [-0.2, 0) is 32.3 Å². The standard InChI is InChI=1S/C25H32F3N3O5S/c1-5-22(24(33)29-2)30(17-18-9-6-12-21(15-18)36-3)23(32)13-8-14-31(37(4,34)35)20-11-7-10-19(16-20)25(26,27)28/h6-7,9-12,15-16,22H,5,8,13-14,17H2,1-4H3,(H,29,33)/t22-/m1/s1. The van der Waals surface area contributed by atoms with Gasteiger partial charge in [0.25, 0.3) is 0 Å². The summed E-state index contributed by atoms with van der Waals surface area (Å²) in [6.45, 7) is 1.67. The SMILES string of the molecule is CC[C@H](C(=O)NC)N(Cc1cccc(OC)c1)C(=O)CCCN(c1cccc(C(F)(F)F)c1)S(C)(=O)=O. The first kappa shape index (κ1) is 29.9. The summed E-state index contributed by atoms with van der Waals surface area (Å²) in [5, 5.41) is 2.56. The number of hydrogen-bond donors (Lipinski definition) is 1. The molecule has 2 rings (SSSR count). The van der Waals surface area contributed by atoms with Crippen molar-refractivity contribution in [1.82, 2.24) is 10.2 Å². The zero-order valence-electron chi connectivity index (χ0n) is 21.2. The van der Waals surface area contributed by atoms with Gasteiger partial charge >= 0.3 is 6.18 Å². The summed E-state index contributed by atoms with van der Waals surface area (Å²) < 4.78 is 70.3. The minimum Gasteiger partial charge on any atom is -0.497 e. The van der Waals surface area contributed by atoms with Crippen LogP contribution in [0.4, 0.5) is 18.9 Å². The maximum atomic E-state index is 13.3. The first-order valence-electron chi connectivity index (χ1n) is 11.6. The monoisotopic (exact) mass is 543 g/mol. The van der Waals surface area contributed by atoms with Gasteiger partial charge < -0.3 is 15.0 Å². The summed E-state index contributed by atoms with van der Waals surface area (Å²) in [6.07, 6.45) is -3.49. The molecule has 0 fully saturated rings. The number of sulfonamides is 1. The third-order valence-corrected chi connectivity index (χ3v) is 6.93. The lowest BCUT2D eigenvalue weighted by Gasteiger charge is -2.31. The lowest BCUT2D eigenvalue weighted by atomic mass is 10.1. The zero-order valence-corrected chi connectivity index (χ0v) is 22.0. The normalized spacial score (nSPS) is 12.5. The summed E-state index contributed by atoms with van der Waals surface area (Å²) in [4.78, 5) is 27.2. The summed E-state index contributed by atoms with van der Waals surface area (Å²) in [5.74, 6) is -0.154. The number of benzene rings is 2. The van der Waals surface area contributed by atoms with Crippen LogP contribution in [0.5, 0.6) is 5.75 Å². The third kappa shape index (κ3) is 8.38. The second-order valence-electron chi connectivity index (χ2n) is 8.40. The molecule has 8 nitrogen and oxygen atoms in total. The molecule has 37 heavy (non-hydrogen) atoms. The van der Waals surface area contributed by atoms with Crippen molar-refractivity contribution in [3.05, 3.63) is 59.7 Å². The second kappa shape index (κ2) is 12.8. The predicted molar refractivity (Wildman–Crippen MR) is 135 cm³/mol. The van der Waals surface area contributed by atoms with Gasteiger partial charge in [-0.05, 0) is 48.7 Å². The third-order valence-electron chi connectivity index (χ3n) is 5.73. The van der Waals surface area contributed by atoms with E-state index < -0.39 is 33.7 Å². The van der Waals surface area contributed by atoms with Crippen molar-refractivity contribution in [2.24, 2.45) is 0 Å². The van der Waals surface area contributed by atoms with Gasteiger partial charge in [-0.25, -0.2) is 8.42 Å². The highest BCUT2D eigenvalue weighted by atomic mass is 32.2. The molecule has 0 aliphatic heterocycles. The Bertz CT molecular complexity index is 1190. The van der Waals surface area contributed by atoms with Gasteiger partial charge in [0.2, 0.25) is 21.8 Å². The maximum Gasteiger partial charge on any atom is 0.416 e. The number of ether oxygens (including phenoxy) is 1. The van der Waals surface area contributed by atoms with Crippen molar-refractivity contribution in [3.8, 4) is 5.75 Å². The summed E-state index contributed by atoms with van der Waals surface area (Å²) in [5.41, 5.74) is -0.387. The topological polar surface area (TPSA) is 96.0 Å². The van der Waals surface area contributed by atoms with Crippen molar-refractivity contribution in [2.45, 2.75) is 44.9 Å². The molecule has 0 unspecified atom stereocenters. The molecule has 1 atom stereocenters. The van der Waals surface area contributed by atoms with Crippen LogP contribution in [0, 0.1) is 0 Å². The van der Waals surface area contributed by atoms with Gasteiger partial charge in [-0.1, -0.05) is 25.1 Å². The van der Waals surface area contributed by atoms with Crippen molar-refractivity contribution in [2.75, 3.05) is 31.3 Å². The Morgan fingerprint density at radius 1 is 1.11 bits per heavy atom. The highest BCUT2D eigenvalue weighted by Gasteiger charge is 2.32. The maximum absolute atomic E-state index is 13.3. The molecule has 1 N–H and O–H groups in total. The van der Waals surface area contributed by atoms with Crippen LogP contribution in [0.15, 0.2) is 48.5 Å². The van der Waals surface area contributed by atoms with Crippen LogP contribution in [0.25, 0.3) is 0 Å². The largest absolute Gasteiger partial charge is 0.497 e. The van der Waals surface area contributed by atoms with Gasteiger partial charge in [-0.3, -0.25) is 13.9 Å². The number of nitrogens with zero attached hydrogens (tertiary/aromatic N) is 2. The van der Waals surface area contributed by atoms with Crippen molar-refractivity contribution >= 4 is 27.5 Å². The zero-order chi connectivity index (χ0) is 27.8. The average Bonchev–Trinajstić information content (AvgIpc) is 2.85. The fraction of sp³-hybridized carbons (Fsp3) is 0.440. The lowest BCUT2D eigenvalue weighted by Crippen LogP contribution is -2.48. The summed E-state index contributed by atoms with van der Waals surface area (Å²) in [6, 6.07) is 10.3. The van der Waals surface area contributed by atoms with E-state index in [4.69, 9.17) is 4.74 Å². The molecule has 2 aromatic rings. The van der Waals surface area contributed by atoms with Crippen molar-refractivity contribution in [1.29, 1.82) is 0 Å². The molecular formula is C25H32F3N3O5S. The van der Waals surface area contributed by atoms with E-state index in [1.165, 1.54) is 25.1 Å². The molecule has 0 saturated heterocycles. The van der Waals surface area contributed by atoms with E-state index in [9.17, 15) is 31.2 Å². The van der Waals surface area contributed by atoms with Crippen molar-refractivity contribution in [3.63, 3.8) is 0 Å². The Kier molecular flexibility index (Phi) is 10.4. The quantitative estimate of drug-likeness (QED) is 0.439. The Hall–Kier alpha value is -3.28. The molecule has 2 amide bonds. The summed E-state index contributed by atoms with van der Waals surface area (Å²) >= 11 is 0. The van der Waals surface area contributed by atoms with Gasteiger partial charge in [0.15, 0.2) is 0 Å². The molecular weight excluding hydrogens is 511 g/mol. The molecule has 0 heterocycles. The van der Waals surface area contributed by atoms with E-state index >= 15 is 0 Å². The molecule has 204 valence electrons. The Morgan fingerprint density at radius 3 is 2.35 bits per heavy atom. The molecule has 2 aromatic carbocycles. The fourth-order valence-corrected chi connectivity index (χ4v) is 4.85. The molecule has 0 radical (unpaired) electrons. The van der Waals surface area contributed by atoms with Gasteiger partial charge in [0.05, 0.1) is 24.6 Å².